The van der Waals surface area contributed by atoms with Crippen molar-refractivity contribution in [3.8, 4) is 11.5 Å². The molecular weight excluding hydrogens is 440 g/mol. The first-order valence-corrected chi connectivity index (χ1v) is 11.9. The molecule has 0 aliphatic heterocycles. The molecule has 0 unspecified atom stereocenters. The van der Waals surface area contributed by atoms with E-state index in [9.17, 15) is 13.2 Å². The van der Waals surface area contributed by atoms with Crippen molar-refractivity contribution in [1.29, 1.82) is 0 Å². The maximum atomic E-state index is 13.2. The number of amides is 1. The van der Waals surface area contributed by atoms with Gasteiger partial charge in [-0.2, -0.15) is 4.31 Å². The summed E-state index contributed by atoms with van der Waals surface area (Å²) in [6.07, 6.45) is 0.566. The Morgan fingerprint density at radius 1 is 0.848 bits per heavy atom. The number of benzene rings is 3. The summed E-state index contributed by atoms with van der Waals surface area (Å²) in [7, 11) is -0.707. The van der Waals surface area contributed by atoms with Crippen molar-refractivity contribution in [3.63, 3.8) is 0 Å². The molecule has 0 atom stereocenters. The predicted octanol–water partition coefficient (Wildman–Crippen LogP) is 3.25. The molecule has 0 fully saturated rings. The van der Waals surface area contributed by atoms with Gasteiger partial charge in [-0.05, 0) is 41.8 Å². The maximum absolute atomic E-state index is 13.2. The van der Waals surface area contributed by atoms with E-state index in [2.05, 4.69) is 5.32 Å². The lowest BCUT2D eigenvalue weighted by Gasteiger charge is -2.22. The molecule has 33 heavy (non-hydrogen) atoms. The van der Waals surface area contributed by atoms with Crippen LogP contribution in [0.3, 0.4) is 0 Å². The Morgan fingerprint density at radius 2 is 1.48 bits per heavy atom. The van der Waals surface area contributed by atoms with Gasteiger partial charge in [0, 0.05) is 13.1 Å². The van der Waals surface area contributed by atoms with Gasteiger partial charge in [0.1, 0.15) is 0 Å². The largest absolute Gasteiger partial charge is 0.493 e. The van der Waals surface area contributed by atoms with Crippen LogP contribution in [0.1, 0.15) is 11.1 Å². The van der Waals surface area contributed by atoms with E-state index in [0.717, 1.165) is 11.1 Å². The van der Waals surface area contributed by atoms with Crippen LogP contribution in [0.15, 0.2) is 83.8 Å². The molecule has 3 aromatic rings. The number of nitrogens with one attached hydrogen (secondary N) is 1. The van der Waals surface area contributed by atoms with E-state index in [4.69, 9.17) is 9.47 Å². The van der Waals surface area contributed by atoms with E-state index in [0.29, 0.717) is 24.5 Å². The zero-order chi connectivity index (χ0) is 23.7. The smallest absolute Gasteiger partial charge is 0.243 e. The summed E-state index contributed by atoms with van der Waals surface area (Å²) < 4.78 is 38.2. The number of methoxy groups -OCH3 is 2. The summed E-state index contributed by atoms with van der Waals surface area (Å²) >= 11 is 0. The summed E-state index contributed by atoms with van der Waals surface area (Å²) in [6, 6.07) is 22.9. The molecule has 7 nitrogen and oxygen atoms in total. The van der Waals surface area contributed by atoms with Crippen LogP contribution in [0.2, 0.25) is 0 Å². The van der Waals surface area contributed by atoms with E-state index in [1.807, 2.05) is 48.5 Å². The fourth-order valence-electron chi connectivity index (χ4n) is 3.35. The Balaban J connectivity index is 1.67. The maximum Gasteiger partial charge on any atom is 0.243 e. The number of nitrogens with zero attached hydrogens (tertiary/aromatic N) is 1. The quantitative estimate of drug-likeness (QED) is 0.467. The predicted molar refractivity (Wildman–Crippen MR) is 127 cm³/mol. The molecule has 0 aliphatic carbocycles. The molecule has 0 bridgehead atoms. The third-order valence-corrected chi connectivity index (χ3v) is 6.89. The van der Waals surface area contributed by atoms with Crippen molar-refractivity contribution in [1.82, 2.24) is 9.62 Å². The molecule has 1 amide bonds. The highest BCUT2D eigenvalue weighted by Gasteiger charge is 2.26. The van der Waals surface area contributed by atoms with Crippen molar-refractivity contribution in [3.05, 3.63) is 90.0 Å². The lowest BCUT2D eigenvalue weighted by atomic mass is 10.1. The van der Waals surface area contributed by atoms with E-state index in [-0.39, 0.29) is 23.9 Å². The average Bonchev–Trinajstić information content (AvgIpc) is 2.84. The number of hydrogen-bond acceptors (Lipinski definition) is 5. The highest BCUT2D eigenvalue weighted by molar-refractivity contribution is 7.89. The first-order valence-electron chi connectivity index (χ1n) is 10.5. The molecule has 0 heterocycles. The summed E-state index contributed by atoms with van der Waals surface area (Å²) in [4.78, 5) is 12.8. The van der Waals surface area contributed by atoms with Crippen LogP contribution < -0.4 is 14.8 Å². The molecule has 0 saturated heterocycles. The second-order valence-electron chi connectivity index (χ2n) is 7.36. The Labute approximate surface area is 195 Å². The van der Waals surface area contributed by atoms with Gasteiger partial charge in [0.25, 0.3) is 0 Å². The van der Waals surface area contributed by atoms with E-state index >= 15 is 0 Å². The zero-order valence-electron chi connectivity index (χ0n) is 18.7. The summed E-state index contributed by atoms with van der Waals surface area (Å²) in [6.45, 7) is 0.179. The fourth-order valence-corrected chi connectivity index (χ4v) is 4.76. The second-order valence-corrected chi connectivity index (χ2v) is 9.30. The highest BCUT2D eigenvalue weighted by Crippen LogP contribution is 2.27. The van der Waals surface area contributed by atoms with Crippen LogP contribution in [-0.4, -0.2) is 45.9 Å². The van der Waals surface area contributed by atoms with Gasteiger partial charge in [0.15, 0.2) is 11.5 Å². The number of rotatable bonds is 11. The van der Waals surface area contributed by atoms with E-state index in [1.54, 1.807) is 32.4 Å². The molecule has 0 aliphatic rings. The minimum absolute atomic E-state index is 0.0984. The average molecular weight is 469 g/mol. The fraction of sp³-hybridized carbons (Fsp3) is 0.240. The van der Waals surface area contributed by atoms with Gasteiger partial charge in [-0.1, -0.05) is 54.6 Å². The Bertz CT molecular complexity index is 1150. The summed E-state index contributed by atoms with van der Waals surface area (Å²) in [5.41, 5.74) is 1.76. The molecule has 0 aromatic heterocycles. The van der Waals surface area contributed by atoms with Crippen molar-refractivity contribution in [2.75, 3.05) is 27.3 Å². The number of carbonyl (C=O) groups is 1. The molecule has 0 spiro atoms. The van der Waals surface area contributed by atoms with Crippen molar-refractivity contribution < 1.29 is 22.7 Å². The van der Waals surface area contributed by atoms with Crippen LogP contribution in [0.4, 0.5) is 0 Å². The molecular formula is C25H28N2O5S. The third kappa shape index (κ3) is 6.57. The van der Waals surface area contributed by atoms with Crippen molar-refractivity contribution in [2.45, 2.75) is 17.9 Å². The van der Waals surface area contributed by atoms with Crippen LogP contribution in [0, 0.1) is 0 Å². The number of ether oxygens (including phenoxy) is 2. The van der Waals surface area contributed by atoms with E-state index in [1.165, 1.54) is 16.4 Å². The monoisotopic (exact) mass is 468 g/mol. The first-order chi connectivity index (χ1) is 15.9. The first kappa shape index (κ1) is 24.3. The Morgan fingerprint density at radius 3 is 2.12 bits per heavy atom. The SMILES string of the molecule is COc1ccc(CCNC(=O)CN(Cc2ccccc2)S(=O)(=O)c2ccccc2)cc1OC. The second kappa shape index (κ2) is 11.5. The Kier molecular flexibility index (Phi) is 8.46. The summed E-state index contributed by atoms with van der Waals surface area (Å²) in [5.74, 6) is 0.878. The summed E-state index contributed by atoms with van der Waals surface area (Å²) in [5, 5.41) is 2.82. The highest BCUT2D eigenvalue weighted by atomic mass is 32.2. The molecule has 3 aromatic carbocycles. The van der Waals surface area contributed by atoms with Gasteiger partial charge in [-0.15, -0.1) is 0 Å². The van der Waals surface area contributed by atoms with Crippen molar-refractivity contribution >= 4 is 15.9 Å². The van der Waals surface area contributed by atoms with Gasteiger partial charge >= 0.3 is 0 Å². The van der Waals surface area contributed by atoms with Crippen LogP contribution in [-0.2, 0) is 27.8 Å². The topological polar surface area (TPSA) is 84.9 Å². The van der Waals surface area contributed by atoms with Crippen molar-refractivity contribution in [2.24, 2.45) is 0 Å². The van der Waals surface area contributed by atoms with Gasteiger partial charge in [0.2, 0.25) is 15.9 Å². The molecule has 0 saturated carbocycles. The van der Waals surface area contributed by atoms with Crippen LogP contribution >= 0.6 is 0 Å². The van der Waals surface area contributed by atoms with Gasteiger partial charge in [0.05, 0.1) is 25.7 Å². The third-order valence-electron chi connectivity index (χ3n) is 5.09. The minimum atomic E-state index is -3.85. The standard InChI is InChI=1S/C25H28N2O5S/c1-31-23-14-13-20(17-24(23)32-2)15-16-26-25(28)19-27(18-21-9-5-3-6-10-21)33(29,30)22-11-7-4-8-12-22/h3-14,17H,15-16,18-19H2,1-2H3,(H,26,28). The van der Waals surface area contributed by atoms with E-state index < -0.39 is 10.0 Å². The lowest BCUT2D eigenvalue weighted by Crippen LogP contribution is -2.40. The minimum Gasteiger partial charge on any atom is -0.493 e. The molecule has 8 heteroatoms. The van der Waals surface area contributed by atoms with Crippen LogP contribution in [0.25, 0.3) is 0 Å². The molecule has 0 radical (unpaired) electrons. The van der Waals surface area contributed by atoms with Gasteiger partial charge in [-0.25, -0.2) is 8.42 Å². The molecule has 174 valence electrons. The molecule has 3 rings (SSSR count). The number of carbonyl (C=O) groups excluding carboxylic acids is 1. The normalized spacial score (nSPS) is 11.2. The van der Waals surface area contributed by atoms with Gasteiger partial charge in [-0.3, -0.25) is 4.79 Å². The zero-order valence-corrected chi connectivity index (χ0v) is 19.5. The Hall–Kier alpha value is -3.36. The number of hydrogen-bond donors (Lipinski definition) is 1. The number of sulfonamides is 1. The van der Waals surface area contributed by atoms with Gasteiger partial charge < -0.3 is 14.8 Å². The molecule has 1 N–H and O–H groups in total. The van der Waals surface area contributed by atoms with Crippen LogP contribution in [0.5, 0.6) is 11.5 Å². The lowest BCUT2D eigenvalue weighted by molar-refractivity contribution is -0.121.